The monoisotopic (exact) mass is 240 g/mol. The van der Waals surface area contributed by atoms with Crippen LogP contribution in [-0.4, -0.2) is 41.1 Å². The van der Waals surface area contributed by atoms with Crippen LogP contribution in [0.4, 0.5) is 4.79 Å². The van der Waals surface area contributed by atoms with E-state index in [-0.39, 0.29) is 24.1 Å². The number of carbonyl (C=O) groups excluding carboxylic acids is 2. The van der Waals surface area contributed by atoms with Crippen LogP contribution >= 0.6 is 0 Å². The lowest BCUT2D eigenvalue weighted by atomic mass is 10.0. The van der Waals surface area contributed by atoms with Crippen LogP contribution in [0.5, 0.6) is 0 Å². The quantitative estimate of drug-likeness (QED) is 0.690. The minimum absolute atomic E-state index is 0.0588. The summed E-state index contributed by atoms with van der Waals surface area (Å²) in [4.78, 5) is 25.4. The molecule has 0 aromatic heterocycles. The third kappa shape index (κ3) is 2.23. The number of hydrogen-bond acceptors (Lipinski definition) is 3. The molecule has 3 atom stereocenters. The Balaban J connectivity index is 2.15. The van der Waals surface area contributed by atoms with Crippen molar-refractivity contribution in [3.63, 3.8) is 0 Å². The summed E-state index contributed by atoms with van der Waals surface area (Å²) in [5.41, 5.74) is -0.520. The molecule has 0 saturated carbocycles. The Bertz CT molecular complexity index is 348. The highest BCUT2D eigenvalue weighted by Crippen LogP contribution is 2.33. The molecule has 96 valence electrons. The molecule has 2 rings (SSSR count). The number of amides is 2. The molecule has 2 heterocycles. The summed E-state index contributed by atoms with van der Waals surface area (Å²) in [6.45, 7) is 8.11. The smallest absolute Gasteiger partial charge is 0.411 e. The first-order chi connectivity index (χ1) is 7.79. The van der Waals surface area contributed by atoms with Crippen molar-refractivity contribution in [2.24, 2.45) is 5.92 Å². The van der Waals surface area contributed by atoms with Crippen molar-refractivity contribution in [1.82, 2.24) is 10.2 Å². The van der Waals surface area contributed by atoms with Gasteiger partial charge in [-0.1, -0.05) is 6.92 Å². The van der Waals surface area contributed by atoms with Crippen LogP contribution in [0.2, 0.25) is 0 Å². The molecule has 1 N–H and O–H groups in total. The fourth-order valence-electron chi connectivity index (χ4n) is 2.56. The van der Waals surface area contributed by atoms with Crippen LogP contribution < -0.4 is 5.32 Å². The molecular weight excluding hydrogens is 220 g/mol. The number of carbonyl (C=O) groups is 2. The number of piperazine rings is 1. The van der Waals surface area contributed by atoms with Crippen molar-refractivity contribution in [3.8, 4) is 0 Å². The number of hydrogen-bond donors (Lipinski definition) is 1. The number of nitrogens with zero attached hydrogens (tertiary/aromatic N) is 1. The van der Waals surface area contributed by atoms with Gasteiger partial charge in [0.15, 0.2) is 0 Å². The summed E-state index contributed by atoms with van der Waals surface area (Å²) in [7, 11) is 0. The second-order valence-electron chi connectivity index (χ2n) is 5.93. The number of ether oxygens (including phenoxy) is 1. The van der Waals surface area contributed by atoms with Gasteiger partial charge >= 0.3 is 6.09 Å². The summed E-state index contributed by atoms with van der Waals surface area (Å²) in [5.74, 6) is 0.280. The van der Waals surface area contributed by atoms with Gasteiger partial charge in [-0.25, -0.2) is 4.79 Å². The van der Waals surface area contributed by atoms with Crippen LogP contribution in [0.15, 0.2) is 0 Å². The maximum absolute atomic E-state index is 12.1. The van der Waals surface area contributed by atoms with E-state index in [2.05, 4.69) is 12.2 Å². The van der Waals surface area contributed by atoms with Gasteiger partial charge in [0, 0.05) is 6.54 Å². The Labute approximate surface area is 101 Å². The molecule has 0 aromatic carbocycles. The standard InChI is InChI=1S/C12H20N2O3/c1-7-5-8-10(15)13-6-9(7)14(8)11(16)17-12(2,3)4/h7-9H,5-6H2,1-4H3,(H,13,15). The summed E-state index contributed by atoms with van der Waals surface area (Å²) >= 11 is 0. The highest BCUT2D eigenvalue weighted by atomic mass is 16.6. The van der Waals surface area contributed by atoms with Crippen molar-refractivity contribution in [2.75, 3.05) is 6.54 Å². The third-order valence-corrected chi connectivity index (χ3v) is 3.34. The van der Waals surface area contributed by atoms with Crippen molar-refractivity contribution in [2.45, 2.75) is 51.8 Å². The molecule has 5 nitrogen and oxygen atoms in total. The van der Waals surface area contributed by atoms with Gasteiger partial charge < -0.3 is 10.1 Å². The molecule has 5 heteroatoms. The third-order valence-electron chi connectivity index (χ3n) is 3.34. The molecule has 0 radical (unpaired) electrons. The average Bonchev–Trinajstić information content (AvgIpc) is 2.42. The first-order valence-corrected chi connectivity index (χ1v) is 6.08. The van der Waals surface area contributed by atoms with Gasteiger partial charge in [-0.2, -0.15) is 0 Å². The first kappa shape index (κ1) is 12.2. The van der Waals surface area contributed by atoms with Crippen molar-refractivity contribution >= 4 is 12.0 Å². The minimum atomic E-state index is -0.520. The fraction of sp³-hybridized carbons (Fsp3) is 0.833. The van der Waals surface area contributed by atoms with Crippen LogP contribution in [0.25, 0.3) is 0 Å². The van der Waals surface area contributed by atoms with Crippen molar-refractivity contribution < 1.29 is 14.3 Å². The topological polar surface area (TPSA) is 58.6 Å². The number of nitrogens with one attached hydrogen (secondary N) is 1. The zero-order chi connectivity index (χ0) is 12.8. The Kier molecular flexibility index (Phi) is 2.79. The zero-order valence-electron chi connectivity index (χ0n) is 10.8. The van der Waals surface area contributed by atoms with E-state index in [0.717, 1.165) is 6.42 Å². The van der Waals surface area contributed by atoms with E-state index in [9.17, 15) is 9.59 Å². The molecular formula is C12H20N2O3. The average molecular weight is 240 g/mol. The van der Waals surface area contributed by atoms with Crippen molar-refractivity contribution in [3.05, 3.63) is 0 Å². The SMILES string of the molecule is CC1CC2C(=O)NCC1N2C(=O)OC(C)(C)C. The first-order valence-electron chi connectivity index (χ1n) is 6.08. The normalized spacial score (nSPS) is 32.4. The Morgan fingerprint density at radius 2 is 2.12 bits per heavy atom. The molecule has 0 spiro atoms. The van der Waals surface area contributed by atoms with Gasteiger partial charge in [0.1, 0.15) is 11.6 Å². The summed E-state index contributed by atoms with van der Waals surface area (Å²) < 4.78 is 5.36. The Morgan fingerprint density at radius 3 is 2.71 bits per heavy atom. The largest absolute Gasteiger partial charge is 0.444 e. The van der Waals surface area contributed by atoms with Crippen LogP contribution in [0, 0.1) is 5.92 Å². The lowest BCUT2D eigenvalue weighted by Gasteiger charge is -2.36. The second kappa shape index (κ2) is 3.89. The predicted octanol–water partition coefficient (Wildman–Crippen LogP) is 1.13. The van der Waals surface area contributed by atoms with E-state index < -0.39 is 5.60 Å². The molecule has 2 bridgehead atoms. The van der Waals surface area contributed by atoms with Crippen molar-refractivity contribution in [1.29, 1.82) is 0 Å². The highest BCUT2D eigenvalue weighted by Gasteiger charge is 2.49. The molecule has 0 aliphatic carbocycles. The summed E-state index contributed by atoms with van der Waals surface area (Å²) in [6, 6.07) is -0.272. The maximum Gasteiger partial charge on any atom is 0.411 e. The van der Waals surface area contributed by atoms with Crippen LogP contribution in [-0.2, 0) is 9.53 Å². The maximum atomic E-state index is 12.1. The number of rotatable bonds is 0. The van der Waals surface area contributed by atoms with Crippen LogP contribution in [0.3, 0.4) is 0 Å². The Hall–Kier alpha value is -1.26. The van der Waals surface area contributed by atoms with E-state index >= 15 is 0 Å². The van der Waals surface area contributed by atoms with Gasteiger partial charge in [0.2, 0.25) is 5.91 Å². The van der Waals surface area contributed by atoms with E-state index in [1.54, 1.807) is 4.90 Å². The zero-order valence-corrected chi connectivity index (χ0v) is 10.8. The van der Waals surface area contributed by atoms with Gasteiger partial charge in [0.05, 0.1) is 6.04 Å². The highest BCUT2D eigenvalue weighted by molar-refractivity contribution is 5.88. The molecule has 2 saturated heterocycles. The summed E-state index contributed by atoms with van der Waals surface area (Å²) in [6.07, 6.45) is 0.363. The van der Waals surface area contributed by atoms with E-state index in [0.29, 0.717) is 12.5 Å². The molecule has 2 aliphatic rings. The molecule has 3 unspecified atom stereocenters. The molecule has 0 aromatic rings. The molecule has 17 heavy (non-hydrogen) atoms. The number of fused-ring (bicyclic) bond motifs is 2. The van der Waals surface area contributed by atoms with Gasteiger partial charge in [-0.05, 0) is 33.1 Å². The van der Waals surface area contributed by atoms with Crippen LogP contribution in [0.1, 0.15) is 34.1 Å². The van der Waals surface area contributed by atoms with Gasteiger partial charge in [-0.15, -0.1) is 0 Å². The van der Waals surface area contributed by atoms with E-state index in [1.807, 2.05) is 20.8 Å². The Morgan fingerprint density at radius 1 is 1.47 bits per heavy atom. The summed E-state index contributed by atoms with van der Waals surface area (Å²) in [5, 5.41) is 2.83. The molecule has 2 aliphatic heterocycles. The minimum Gasteiger partial charge on any atom is -0.444 e. The molecule has 2 fully saturated rings. The fourth-order valence-corrected chi connectivity index (χ4v) is 2.56. The van der Waals surface area contributed by atoms with Gasteiger partial charge in [-0.3, -0.25) is 9.69 Å². The van der Waals surface area contributed by atoms with E-state index in [4.69, 9.17) is 4.74 Å². The second-order valence-corrected chi connectivity index (χ2v) is 5.93. The predicted molar refractivity (Wildman–Crippen MR) is 62.4 cm³/mol. The van der Waals surface area contributed by atoms with E-state index in [1.165, 1.54) is 0 Å². The lowest BCUT2D eigenvalue weighted by molar-refractivity contribution is -0.128. The van der Waals surface area contributed by atoms with Gasteiger partial charge in [0.25, 0.3) is 0 Å². The lowest BCUT2D eigenvalue weighted by Crippen LogP contribution is -2.58. The molecule has 2 amide bonds.